The van der Waals surface area contributed by atoms with Crippen molar-refractivity contribution in [2.75, 3.05) is 19.7 Å². The smallest absolute Gasteiger partial charge is 0.249 e. The number of hydrogen-bond donors (Lipinski definition) is 0. The molecule has 1 atom stereocenters. The number of carbonyl (C=O) groups excluding carboxylic acids is 1. The van der Waals surface area contributed by atoms with Crippen LogP contribution in [0, 0.1) is 19.7 Å². The summed E-state index contributed by atoms with van der Waals surface area (Å²) >= 11 is 5.88. The van der Waals surface area contributed by atoms with Gasteiger partial charge in [0.2, 0.25) is 15.9 Å². The second kappa shape index (κ2) is 9.47. The fourth-order valence-corrected chi connectivity index (χ4v) is 6.57. The van der Waals surface area contributed by atoms with E-state index in [2.05, 4.69) is 0 Å². The van der Waals surface area contributed by atoms with Crippen molar-refractivity contribution in [1.82, 2.24) is 9.21 Å². The van der Waals surface area contributed by atoms with Gasteiger partial charge in [0.1, 0.15) is 22.0 Å². The Kier molecular flexibility index (Phi) is 6.95. The number of amides is 1. The number of carbonyl (C=O) groups is 1. The molecule has 0 saturated carbocycles. The molecular formula is C25H30ClFN2O4S. The van der Waals surface area contributed by atoms with E-state index in [0.717, 1.165) is 35.4 Å². The van der Waals surface area contributed by atoms with Crippen molar-refractivity contribution in [2.45, 2.75) is 62.9 Å². The van der Waals surface area contributed by atoms with Crippen molar-refractivity contribution >= 4 is 27.5 Å². The number of aryl methyl sites for hydroxylation is 2. The summed E-state index contributed by atoms with van der Waals surface area (Å²) in [4.78, 5) is 14.1. The number of sulfonamides is 1. The number of ether oxygens (including phenoxy) is 1. The zero-order valence-electron chi connectivity index (χ0n) is 19.7. The minimum absolute atomic E-state index is 0.0203. The molecule has 0 bridgehead atoms. The quantitative estimate of drug-likeness (QED) is 0.382. The van der Waals surface area contributed by atoms with Gasteiger partial charge in [-0.1, -0.05) is 23.7 Å². The van der Waals surface area contributed by atoms with Crippen LogP contribution in [0.1, 0.15) is 43.7 Å². The predicted molar refractivity (Wildman–Crippen MR) is 129 cm³/mol. The van der Waals surface area contributed by atoms with Crippen LogP contribution >= 0.6 is 11.6 Å². The van der Waals surface area contributed by atoms with Crippen LogP contribution in [0.4, 0.5) is 4.39 Å². The lowest BCUT2D eigenvalue weighted by atomic mass is 10.0. The summed E-state index contributed by atoms with van der Waals surface area (Å²) in [7, 11) is -3.98. The largest absolute Gasteiger partial charge is 0.493 e. The van der Waals surface area contributed by atoms with Crippen LogP contribution in [0.2, 0.25) is 5.02 Å². The SMILES string of the molecule is Cc1ccc(C)c(OCCCC2(C)C(=O)N2C2CCN(S(=O)(=O)c3cc(Cl)ccc3F)CC2)c1. The summed E-state index contributed by atoms with van der Waals surface area (Å²) in [6.07, 6.45) is 2.46. The van der Waals surface area contributed by atoms with Gasteiger partial charge in [-0.3, -0.25) is 4.79 Å². The summed E-state index contributed by atoms with van der Waals surface area (Å²) in [5.74, 6) is 0.151. The van der Waals surface area contributed by atoms with Gasteiger partial charge in [0, 0.05) is 24.2 Å². The third-order valence-electron chi connectivity index (χ3n) is 6.87. The second-order valence-corrected chi connectivity index (χ2v) is 11.7. The van der Waals surface area contributed by atoms with Crippen LogP contribution in [-0.4, -0.2) is 54.8 Å². The number of halogens is 2. The van der Waals surface area contributed by atoms with Gasteiger partial charge in [-0.2, -0.15) is 4.31 Å². The topological polar surface area (TPSA) is 66.7 Å². The van der Waals surface area contributed by atoms with Crippen LogP contribution in [-0.2, 0) is 14.8 Å². The Hall–Kier alpha value is -2.16. The lowest BCUT2D eigenvalue weighted by Gasteiger charge is -2.33. The van der Waals surface area contributed by atoms with Gasteiger partial charge in [0.25, 0.3) is 0 Å². The number of nitrogens with zero attached hydrogens (tertiary/aromatic N) is 2. The molecule has 2 aromatic rings. The van der Waals surface area contributed by atoms with Crippen molar-refractivity contribution < 1.29 is 22.3 Å². The highest BCUT2D eigenvalue weighted by Crippen LogP contribution is 2.43. The molecule has 0 aliphatic carbocycles. The average Bonchev–Trinajstić information content (AvgIpc) is 3.35. The van der Waals surface area contributed by atoms with Crippen molar-refractivity contribution in [3.63, 3.8) is 0 Å². The fraction of sp³-hybridized carbons (Fsp3) is 0.480. The van der Waals surface area contributed by atoms with E-state index in [9.17, 15) is 17.6 Å². The molecule has 1 unspecified atom stereocenters. The Morgan fingerprint density at radius 1 is 1.15 bits per heavy atom. The van der Waals surface area contributed by atoms with E-state index in [4.69, 9.17) is 16.3 Å². The molecule has 1 amide bonds. The molecule has 2 aliphatic rings. The molecular weight excluding hydrogens is 479 g/mol. The molecule has 0 spiro atoms. The van der Waals surface area contributed by atoms with Crippen LogP contribution in [0.25, 0.3) is 0 Å². The number of piperidine rings is 1. The van der Waals surface area contributed by atoms with Crippen LogP contribution in [0.5, 0.6) is 5.75 Å². The van der Waals surface area contributed by atoms with Crippen molar-refractivity contribution in [1.29, 1.82) is 0 Å². The molecule has 2 heterocycles. The van der Waals surface area contributed by atoms with Crippen LogP contribution in [0.3, 0.4) is 0 Å². The van der Waals surface area contributed by atoms with Crippen molar-refractivity contribution in [2.24, 2.45) is 0 Å². The predicted octanol–water partition coefficient (Wildman–Crippen LogP) is 4.71. The van der Waals surface area contributed by atoms with E-state index in [-0.39, 0.29) is 30.1 Å². The normalized spacial score (nSPS) is 21.7. The van der Waals surface area contributed by atoms with Gasteiger partial charge >= 0.3 is 0 Å². The standard InChI is InChI=1S/C25H30ClFN2O4S/c1-17-5-6-18(2)22(15-17)33-14-4-11-25(3)24(30)29(25)20-9-12-28(13-10-20)34(31,32)23-16-19(26)7-8-21(23)27/h5-8,15-16,20H,4,9-14H2,1-3H3. The molecule has 2 saturated heterocycles. The van der Waals surface area contributed by atoms with Gasteiger partial charge < -0.3 is 9.64 Å². The Bertz CT molecular complexity index is 1200. The minimum Gasteiger partial charge on any atom is -0.493 e. The second-order valence-electron chi connectivity index (χ2n) is 9.38. The van der Waals surface area contributed by atoms with E-state index in [1.165, 1.54) is 10.4 Å². The highest BCUT2D eigenvalue weighted by Gasteiger charge is 2.60. The Labute approximate surface area is 205 Å². The van der Waals surface area contributed by atoms with E-state index in [0.29, 0.717) is 25.9 Å². The molecule has 0 N–H and O–H groups in total. The first kappa shape index (κ1) is 24.9. The molecule has 2 fully saturated rings. The summed E-state index contributed by atoms with van der Waals surface area (Å²) in [5, 5.41) is 0.168. The van der Waals surface area contributed by atoms with E-state index in [1.807, 2.05) is 43.9 Å². The van der Waals surface area contributed by atoms with Gasteiger partial charge in [-0.05, 0) is 81.8 Å². The van der Waals surface area contributed by atoms with E-state index in [1.54, 1.807) is 0 Å². The van der Waals surface area contributed by atoms with Crippen LogP contribution in [0.15, 0.2) is 41.3 Å². The first-order chi connectivity index (χ1) is 16.0. The van der Waals surface area contributed by atoms with E-state index >= 15 is 0 Å². The molecule has 34 heavy (non-hydrogen) atoms. The third kappa shape index (κ3) is 4.81. The Morgan fingerprint density at radius 2 is 1.85 bits per heavy atom. The van der Waals surface area contributed by atoms with Crippen molar-refractivity contribution in [3.8, 4) is 5.75 Å². The molecule has 4 rings (SSSR count). The highest BCUT2D eigenvalue weighted by molar-refractivity contribution is 7.89. The van der Waals surface area contributed by atoms with Gasteiger partial charge in [0.05, 0.1) is 6.61 Å². The van der Waals surface area contributed by atoms with Crippen molar-refractivity contribution in [3.05, 3.63) is 58.4 Å². The maximum absolute atomic E-state index is 14.2. The first-order valence-electron chi connectivity index (χ1n) is 11.5. The zero-order valence-corrected chi connectivity index (χ0v) is 21.3. The monoisotopic (exact) mass is 508 g/mol. The minimum atomic E-state index is -3.98. The number of benzene rings is 2. The Morgan fingerprint density at radius 3 is 2.56 bits per heavy atom. The van der Waals surface area contributed by atoms with Gasteiger partial charge in [-0.25, -0.2) is 12.8 Å². The van der Waals surface area contributed by atoms with E-state index < -0.39 is 26.3 Å². The first-order valence-corrected chi connectivity index (χ1v) is 13.3. The lowest BCUT2D eigenvalue weighted by molar-refractivity contribution is -0.115. The lowest BCUT2D eigenvalue weighted by Crippen LogP contribution is -2.43. The summed E-state index contributed by atoms with van der Waals surface area (Å²) in [6, 6.07) is 9.60. The molecule has 9 heteroatoms. The Balaban J connectivity index is 1.30. The number of hydrogen-bond acceptors (Lipinski definition) is 4. The average molecular weight is 509 g/mol. The highest BCUT2D eigenvalue weighted by atomic mass is 35.5. The molecule has 0 radical (unpaired) electrons. The zero-order chi connectivity index (χ0) is 24.7. The number of rotatable bonds is 8. The molecule has 6 nitrogen and oxygen atoms in total. The summed E-state index contributed by atoms with van der Waals surface area (Å²) < 4.78 is 47.2. The molecule has 0 aromatic heterocycles. The third-order valence-corrected chi connectivity index (χ3v) is 9.02. The van der Waals surface area contributed by atoms with Gasteiger partial charge in [0.15, 0.2) is 0 Å². The molecule has 2 aliphatic heterocycles. The van der Waals surface area contributed by atoms with Gasteiger partial charge in [-0.15, -0.1) is 0 Å². The molecule has 2 aromatic carbocycles. The summed E-state index contributed by atoms with van der Waals surface area (Å²) in [6.45, 7) is 6.97. The maximum atomic E-state index is 14.2. The molecule has 184 valence electrons. The summed E-state index contributed by atoms with van der Waals surface area (Å²) in [5.41, 5.74) is 1.69. The maximum Gasteiger partial charge on any atom is 0.249 e. The van der Waals surface area contributed by atoms with Crippen LogP contribution < -0.4 is 4.74 Å². The fourth-order valence-electron chi connectivity index (χ4n) is 4.77.